The fraction of sp³-hybridized carbons (Fsp3) is 0.154. The number of phenols is 1. The number of rotatable bonds is 11. The van der Waals surface area contributed by atoms with Crippen molar-refractivity contribution in [1.82, 2.24) is 9.44 Å². The van der Waals surface area contributed by atoms with E-state index in [2.05, 4.69) is 14.4 Å². The largest absolute Gasteiger partial charge is 0.508 e. The van der Waals surface area contributed by atoms with Gasteiger partial charge in [0, 0.05) is 6.54 Å². The third-order valence-electron chi connectivity index (χ3n) is 5.18. The lowest BCUT2D eigenvalue weighted by Crippen LogP contribution is -2.47. The molecule has 0 aliphatic heterocycles. The molecule has 0 aliphatic carbocycles. The number of aliphatic imine (C=N–C) groups is 1. The Labute approximate surface area is 248 Å². The van der Waals surface area contributed by atoms with Gasteiger partial charge in [-0.25, -0.2) is 14.6 Å². The molecule has 1 unspecified atom stereocenters. The van der Waals surface area contributed by atoms with E-state index < -0.39 is 40.3 Å². The number of carboxylic acid groups (broad SMARTS) is 2. The number of ether oxygens (including phenoxy) is 1. The van der Waals surface area contributed by atoms with Gasteiger partial charge in [-0.3, -0.25) is 4.79 Å². The van der Waals surface area contributed by atoms with E-state index in [-0.39, 0.29) is 36.0 Å². The highest BCUT2D eigenvalue weighted by molar-refractivity contribution is 7.87. The molecule has 0 saturated heterocycles. The average molecular weight is 642 g/mol. The first-order valence-corrected chi connectivity index (χ1v) is 13.5. The van der Waals surface area contributed by atoms with Crippen molar-refractivity contribution in [2.24, 2.45) is 16.5 Å². The average Bonchev–Trinajstić information content (AvgIpc) is 2.93. The first kappa shape index (κ1) is 35.0. The van der Waals surface area contributed by atoms with Crippen LogP contribution in [-0.4, -0.2) is 59.8 Å². The zero-order valence-electron chi connectivity index (χ0n) is 22.4. The molecule has 3 aromatic rings. The van der Waals surface area contributed by atoms with Crippen LogP contribution >= 0.6 is 0 Å². The molecular formula is C26H26F3N5O9S. The Hall–Kier alpha value is -5.20. The first-order valence-electron chi connectivity index (χ1n) is 12.0. The molecule has 0 aromatic heterocycles. The molecule has 9 N–H and O–H groups in total. The maximum atomic E-state index is 12.4. The summed E-state index contributed by atoms with van der Waals surface area (Å²) in [6.45, 7) is -0.138. The summed E-state index contributed by atoms with van der Waals surface area (Å²) >= 11 is 0. The molecular weight excluding hydrogens is 615 g/mol. The number of phenolic OH excluding ortho intramolecular Hbond substituents is 1. The quantitative estimate of drug-likeness (QED) is 0.0688. The molecule has 3 aromatic carbocycles. The van der Waals surface area contributed by atoms with E-state index in [0.29, 0.717) is 16.8 Å². The topological polar surface area (TPSA) is 244 Å². The van der Waals surface area contributed by atoms with Crippen molar-refractivity contribution < 1.29 is 56.0 Å². The molecule has 0 heterocycles. The molecule has 18 heteroatoms. The van der Waals surface area contributed by atoms with Crippen LogP contribution in [0.1, 0.15) is 21.5 Å². The van der Waals surface area contributed by atoms with Crippen LogP contribution < -0.4 is 25.6 Å². The Morgan fingerprint density at radius 3 is 1.89 bits per heavy atom. The number of esters is 1. The summed E-state index contributed by atoms with van der Waals surface area (Å²) < 4.78 is 66.2. The number of guanidine groups is 1. The number of nitrogens with zero attached hydrogens (tertiary/aromatic N) is 1. The van der Waals surface area contributed by atoms with E-state index in [4.69, 9.17) is 26.1 Å². The Morgan fingerprint density at radius 1 is 0.886 bits per heavy atom. The number of nitrogens with two attached hydrogens (primary N) is 2. The summed E-state index contributed by atoms with van der Waals surface area (Å²) in [5.74, 6) is -4.57. The van der Waals surface area contributed by atoms with E-state index in [9.17, 15) is 41.4 Å². The zero-order valence-corrected chi connectivity index (χ0v) is 23.2. The lowest BCUT2D eigenvalue weighted by Gasteiger charge is -2.15. The minimum atomic E-state index is -5.08. The molecule has 236 valence electrons. The Balaban J connectivity index is 0.000000860. The van der Waals surface area contributed by atoms with Gasteiger partial charge in [0.05, 0.1) is 11.3 Å². The van der Waals surface area contributed by atoms with Crippen molar-refractivity contribution in [3.63, 3.8) is 0 Å². The molecule has 0 saturated carbocycles. The minimum Gasteiger partial charge on any atom is -0.508 e. The molecule has 3 rings (SSSR count). The van der Waals surface area contributed by atoms with Gasteiger partial charge in [-0.15, -0.1) is 0 Å². The van der Waals surface area contributed by atoms with Crippen LogP contribution in [0.3, 0.4) is 0 Å². The van der Waals surface area contributed by atoms with Gasteiger partial charge in [-0.05, 0) is 66.1 Å². The maximum Gasteiger partial charge on any atom is 0.490 e. The summed E-state index contributed by atoms with van der Waals surface area (Å²) in [5.41, 5.74) is 12.4. The van der Waals surface area contributed by atoms with E-state index in [1.54, 1.807) is 24.3 Å². The predicted molar refractivity (Wildman–Crippen MR) is 149 cm³/mol. The van der Waals surface area contributed by atoms with Gasteiger partial charge in [0.2, 0.25) is 0 Å². The van der Waals surface area contributed by atoms with Crippen molar-refractivity contribution in [3.8, 4) is 11.5 Å². The fourth-order valence-corrected chi connectivity index (χ4v) is 4.12. The normalized spacial score (nSPS) is 11.8. The lowest BCUT2D eigenvalue weighted by atomic mass is 10.1. The second-order valence-electron chi connectivity index (χ2n) is 8.62. The highest BCUT2D eigenvalue weighted by Crippen LogP contribution is 2.17. The first-order chi connectivity index (χ1) is 20.4. The minimum absolute atomic E-state index is 0.0110. The summed E-state index contributed by atoms with van der Waals surface area (Å²) in [6, 6.07) is 16.6. The number of benzene rings is 3. The molecule has 0 aliphatic rings. The van der Waals surface area contributed by atoms with Gasteiger partial charge in [-0.2, -0.15) is 31.0 Å². The van der Waals surface area contributed by atoms with Crippen molar-refractivity contribution in [1.29, 1.82) is 0 Å². The number of hydrogen-bond acceptors (Lipinski definition) is 8. The Kier molecular flexibility index (Phi) is 12.2. The molecule has 0 amide bonds. The summed E-state index contributed by atoms with van der Waals surface area (Å²) in [4.78, 5) is 36.6. The highest BCUT2D eigenvalue weighted by atomic mass is 32.2. The molecule has 1 atom stereocenters. The van der Waals surface area contributed by atoms with Crippen molar-refractivity contribution in [3.05, 3.63) is 89.5 Å². The Morgan fingerprint density at radius 2 is 1.41 bits per heavy atom. The molecule has 0 bridgehead atoms. The summed E-state index contributed by atoms with van der Waals surface area (Å²) in [7, 11) is -4.17. The van der Waals surface area contributed by atoms with E-state index in [1.165, 1.54) is 48.5 Å². The number of aliphatic carboxylic acids is 2. The maximum absolute atomic E-state index is 12.4. The molecule has 0 radical (unpaired) electrons. The number of halogens is 3. The number of aromatic hydroxyl groups is 1. The van der Waals surface area contributed by atoms with Crippen LogP contribution in [0.25, 0.3) is 0 Å². The van der Waals surface area contributed by atoms with Crippen LogP contribution in [0.2, 0.25) is 0 Å². The molecule has 14 nitrogen and oxygen atoms in total. The second-order valence-corrected chi connectivity index (χ2v) is 10.2. The van der Waals surface area contributed by atoms with Crippen molar-refractivity contribution >= 4 is 39.8 Å². The van der Waals surface area contributed by atoms with Crippen molar-refractivity contribution in [2.45, 2.75) is 25.2 Å². The van der Waals surface area contributed by atoms with Crippen LogP contribution in [0, 0.1) is 0 Å². The van der Waals surface area contributed by atoms with E-state index >= 15 is 0 Å². The number of carbonyl (C=O) groups is 3. The number of hydrogen-bond donors (Lipinski definition) is 7. The van der Waals surface area contributed by atoms with Gasteiger partial charge in [0.25, 0.3) is 10.2 Å². The van der Waals surface area contributed by atoms with Gasteiger partial charge >= 0.3 is 24.1 Å². The molecule has 44 heavy (non-hydrogen) atoms. The van der Waals surface area contributed by atoms with Crippen LogP contribution in [-0.2, 0) is 32.8 Å². The van der Waals surface area contributed by atoms with Crippen molar-refractivity contribution in [2.75, 3.05) is 0 Å². The van der Waals surface area contributed by atoms with E-state index in [0.717, 1.165) is 0 Å². The number of nitrogens with one attached hydrogen (secondary N) is 2. The monoisotopic (exact) mass is 641 g/mol. The number of carbonyl (C=O) groups excluding carboxylic acids is 1. The third-order valence-corrected chi connectivity index (χ3v) is 6.29. The van der Waals surface area contributed by atoms with Gasteiger partial charge in [0.15, 0.2) is 5.96 Å². The van der Waals surface area contributed by atoms with Gasteiger partial charge in [0.1, 0.15) is 17.5 Å². The van der Waals surface area contributed by atoms with Crippen LogP contribution in [0.4, 0.5) is 18.9 Å². The fourth-order valence-electron chi connectivity index (χ4n) is 3.12. The third kappa shape index (κ3) is 12.3. The number of carboxylic acids is 2. The number of alkyl halides is 3. The van der Waals surface area contributed by atoms with E-state index in [1.807, 2.05) is 0 Å². The van der Waals surface area contributed by atoms with Crippen LogP contribution in [0.5, 0.6) is 11.5 Å². The molecule has 0 fully saturated rings. The van der Waals surface area contributed by atoms with Crippen LogP contribution in [0.15, 0.2) is 77.8 Å². The highest BCUT2D eigenvalue weighted by Gasteiger charge is 2.38. The second kappa shape index (κ2) is 15.3. The van der Waals surface area contributed by atoms with Gasteiger partial charge < -0.3 is 31.5 Å². The zero-order chi connectivity index (χ0) is 33.1. The standard InChI is InChI=1S/C24H25N5O7S.C2HF3O2/c25-24(26)28-18-7-5-17(6-8-18)23(33)36-20-11-3-16(4-12-20)14-27-37(34,35)29-21(22(31)32)13-15-1-9-19(30)10-2-15;3-2(4,5)1(6)7/h1-12,21,27,29-30H,13-14H2,(H,31,32)(H4,25,26,28);(H,6,7). The summed E-state index contributed by atoms with van der Waals surface area (Å²) in [5, 5.41) is 25.9. The van der Waals surface area contributed by atoms with Gasteiger partial charge in [-0.1, -0.05) is 24.3 Å². The SMILES string of the molecule is NC(N)=Nc1ccc(C(=O)Oc2ccc(CNS(=O)(=O)NC(Cc3ccc(O)cc3)C(=O)O)cc2)cc1.O=C(O)C(F)(F)F. The molecule has 0 spiro atoms. The smallest absolute Gasteiger partial charge is 0.490 e. The lowest BCUT2D eigenvalue weighted by molar-refractivity contribution is -0.192. The summed E-state index contributed by atoms with van der Waals surface area (Å²) in [6.07, 6.45) is -5.20. The predicted octanol–water partition coefficient (Wildman–Crippen LogP) is 1.77. The Bertz CT molecular complexity index is 1580.